The summed E-state index contributed by atoms with van der Waals surface area (Å²) in [4.78, 5) is 34.4. The average molecular weight is 280 g/mol. The minimum Gasteiger partial charge on any atom is -0.276 e. The molecule has 0 spiro atoms. The standard InChI is InChI=1S/C13H16N2O3S/c1-2-10(9-6-4-3-5-7-9)19-15-12(17)8-11(16)14-13(15)18/h2,6,10H,1,3-5,7-8H2,(H,14,16,18). The molecule has 2 rings (SSSR count). The van der Waals surface area contributed by atoms with Gasteiger partial charge in [-0.25, -0.2) is 9.10 Å². The first-order valence-electron chi connectivity index (χ1n) is 6.27. The summed E-state index contributed by atoms with van der Waals surface area (Å²) in [5.74, 6) is -1.01. The Morgan fingerprint density at radius 1 is 1.37 bits per heavy atom. The molecule has 0 saturated carbocycles. The summed E-state index contributed by atoms with van der Waals surface area (Å²) in [6.07, 6.45) is 7.90. The first kappa shape index (κ1) is 13.9. The molecule has 1 unspecified atom stereocenters. The van der Waals surface area contributed by atoms with Crippen LogP contribution >= 0.6 is 11.9 Å². The minimum atomic E-state index is -0.658. The van der Waals surface area contributed by atoms with Crippen molar-refractivity contribution in [3.8, 4) is 0 Å². The van der Waals surface area contributed by atoms with Crippen molar-refractivity contribution in [1.29, 1.82) is 0 Å². The van der Waals surface area contributed by atoms with Crippen LogP contribution in [0.5, 0.6) is 0 Å². The van der Waals surface area contributed by atoms with Gasteiger partial charge in [0.25, 0.3) is 0 Å². The lowest BCUT2D eigenvalue weighted by atomic mass is 9.97. The maximum absolute atomic E-state index is 11.7. The molecule has 0 radical (unpaired) electrons. The van der Waals surface area contributed by atoms with E-state index < -0.39 is 17.8 Å². The van der Waals surface area contributed by atoms with E-state index in [9.17, 15) is 14.4 Å². The Labute approximate surface area is 116 Å². The molecule has 19 heavy (non-hydrogen) atoms. The lowest BCUT2D eigenvalue weighted by Crippen LogP contribution is -2.50. The van der Waals surface area contributed by atoms with E-state index in [1.807, 2.05) is 0 Å². The Kier molecular flexibility index (Phi) is 4.42. The van der Waals surface area contributed by atoms with Gasteiger partial charge in [0.05, 0.1) is 5.25 Å². The normalized spacial score (nSPS) is 21.8. The summed E-state index contributed by atoms with van der Waals surface area (Å²) in [7, 11) is 0. The highest BCUT2D eigenvalue weighted by atomic mass is 32.2. The highest BCUT2D eigenvalue weighted by Gasteiger charge is 2.33. The number of rotatable bonds is 4. The summed E-state index contributed by atoms with van der Waals surface area (Å²) in [6.45, 7) is 3.77. The van der Waals surface area contributed by atoms with E-state index in [0.717, 1.165) is 35.5 Å². The molecule has 5 nitrogen and oxygen atoms in total. The third kappa shape index (κ3) is 3.26. The van der Waals surface area contributed by atoms with Crippen molar-refractivity contribution in [2.75, 3.05) is 0 Å². The van der Waals surface area contributed by atoms with E-state index in [0.29, 0.717) is 0 Å². The van der Waals surface area contributed by atoms with Gasteiger partial charge in [0, 0.05) is 0 Å². The van der Waals surface area contributed by atoms with Gasteiger partial charge >= 0.3 is 6.03 Å². The number of carbonyl (C=O) groups excluding carboxylic acids is 3. The van der Waals surface area contributed by atoms with E-state index in [4.69, 9.17) is 0 Å². The number of amides is 4. The van der Waals surface area contributed by atoms with Gasteiger partial charge in [0.1, 0.15) is 6.42 Å². The summed E-state index contributed by atoms with van der Waals surface area (Å²) < 4.78 is 1.03. The molecule has 1 saturated heterocycles. The molecule has 1 aliphatic carbocycles. The van der Waals surface area contributed by atoms with Gasteiger partial charge in [-0.05, 0) is 37.6 Å². The average Bonchev–Trinajstić information content (AvgIpc) is 2.39. The second-order valence-corrected chi connectivity index (χ2v) is 5.59. The van der Waals surface area contributed by atoms with Crippen molar-refractivity contribution in [2.45, 2.75) is 37.4 Å². The van der Waals surface area contributed by atoms with Crippen LogP contribution in [0, 0.1) is 0 Å². The fourth-order valence-corrected chi connectivity index (χ4v) is 3.13. The van der Waals surface area contributed by atoms with Crippen molar-refractivity contribution < 1.29 is 14.4 Å². The Balaban J connectivity index is 2.07. The lowest BCUT2D eigenvalue weighted by molar-refractivity contribution is -0.132. The van der Waals surface area contributed by atoms with Gasteiger partial charge in [0.2, 0.25) is 11.8 Å². The smallest absolute Gasteiger partial charge is 0.276 e. The van der Waals surface area contributed by atoms with Crippen LogP contribution in [-0.2, 0) is 9.59 Å². The minimum absolute atomic E-state index is 0.0943. The van der Waals surface area contributed by atoms with E-state index in [1.165, 1.54) is 12.0 Å². The van der Waals surface area contributed by atoms with E-state index >= 15 is 0 Å². The molecule has 0 aromatic heterocycles. The van der Waals surface area contributed by atoms with Crippen LogP contribution in [0.1, 0.15) is 32.1 Å². The number of imide groups is 2. The molecule has 0 aromatic carbocycles. The first-order chi connectivity index (χ1) is 9.11. The van der Waals surface area contributed by atoms with Gasteiger partial charge in [-0.15, -0.1) is 6.58 Å². The first-order valence-corrected chi connectivity index (χ1v) is 7.10. The molecule has 0 aromatic rings. The van der Waals surface area contributed by atoms with Gasteiger partial charge in [-0.2, -0.15) is 0 Å². The summed E-state index contributed by atoms with van der Waals surface area (Å²) >= 11 is 1.12. The topological polar surface area (TPSA) is 66.5 Å². The molecule has 6 heteroatoms. The molecule has 1 N–H and O–H groups in total. The molecule has 2 aliphatic rings. The SMILES string of the molecule is C=CC(SN1C(=O)CC(=O)NC1=O)C1=CCCCC1. The largest absolute Gasteiger partial charge is 0.341 e. The Morgan fingerprint density at radius 3 is 2.74 bits per heavy atom. The van der Waals surface area contributed by atoms with Gasteiger partial charge < -0.3 is 0 Å². The second-order valence-electron chi connectivity index (χ2n) is 4.50. The zero-order chi connectivity index (χ0) is 13.8. The number of barbiturate groups is 1. The fourth-order valence-electron chi connectivity index (χ4n) is 2.14. The number of hydrogen-bond donors (Lipinski definition) is 1. The maximum Gasteiger partial charge on any atom is 0.341 e. The predicted molar refractivity (Wildman–Crippen MR) is 73.1 cm³/mol. The van der Waals surface area contributed by atoms with Crippen molar-refractivity contribution in [3.63, 3.8) is 0 Å². The van der Waals surface area contributed by atoms with Crippen LogP contribution < -0.4 is 5.32 Å². The number of carbonyl (C=O) groups is 3. The lowest BCUT2D eigenvalue weighted by Gasteiger charge is -2.28. The Bertz CT molecular complexity index is 439. The summed E-state index contributed by atoms with van der Waals surface area (Å²) in [5.41, 5.74) is 1.20. The molecule has 1 atom stereocenters. The summed E-state index contributed by atoms with van der Waals surface area (Å²) in [6, 6.07) is -0.658. The predicted octanol–water partition coefficient (Wildman–Crippen LogP) is 2.16. The van der Waals surface area contributed by atoms with Crippen LogP contribution in [-0.4, -0.2) is 27.4 Å². The van der Waals surface area contributed by atoms with Crippen LogP contribution in [0.4, 0.5) is 4.79 Å². The highest BCUT2D eigenvalue weighted by Crippen LogP contribution is 2.31. The molecule has 1 fully saturated rings. The van der Waals surface area contributed by atoms with E-state index in [1.54, 1.807) is 6.08 Å². The van der Waals surface area contributed by atoms with Gasteiger partial charge in [-0.1, -0.05) is 17.7 Å². The van der Waals surface area contributed by atoms with Crippen LogP contribution in [0.3, 0.4) is 0 Å². The van der Waals surface area contributed by atoms with E-state index in [-0.39, 0.29) is 11.7 Å². The number of nitrogens with zero attached hydrogens (tertiary/aromatic N) is 1. The van der Waals surface area contributed by atoms with Crippen LogP contribution in [0.25, 0.3) is 0 Å². The van der Waals surface area contributed by atoms with Crippen molar-refractivity contribution >= 4 is 29.8 Å². The molecule has 1 heterocycles. The number of hydrogen-bond acceptors (Lipinski definition) is 4. The van der Waals surface area contributed by atoms with Crippen molar-refractivity contribution in [1.82, 2.24) is 9.62 Å². The number of allylic oxidation sites excluding steroid dienone is 1. The molecule has 0 bridgehead atoms. The van der Waals surface area contributed by atoms with Crippen molar-refractivity contribution in [3.05, 3.63) is 24.3 Å². The van der Waals surface area contributed by atoms with Gasteiger partial charge in [0.15, 0.2) is 0 Å². The van der Waals surface area contributed by atoms with Crippen LogP contribution in [0.15, 0.2) is 24.3 Å². The molecule has 4 amide bonds. The van der Waals surface area contributed by atoms with Crippen molar-refractivity contribution in [2.24, 2.45) is 0 Å². The van der Waals surface area contributed by atoms with E-state index in [2.05, 4.69) is 18.0 Å². The second kappa shape index (κ2) is 6.06. The quantitative estimate of drug-likeness (QED) is 0.487. The molecular formula is C13H16N2O3S. The zero-order valence-corrected chi connectivity index (χ0v) is 11.4. The van der Waals surface area contributed by atoms with Gasteiger partial charge in [-0.3, -0.25) is 14.9 Å². The third-order valence-electron chi connectivity index (χ3n) is 3.09. The zero-order valence-electron chi connectivity index (χ0n) is 10.6. The Morgan fingerprint density at radius 2 is 2.16 bits per heavy atom. The molecule has 1 aliphatic heterocycles. The van der Waals surface area contributed by atoms with Crippen LogP contribution in [0.2, 0.25) is 0 Å². The molecule has 102 valence electrons. The number of urea groups is 1. The fraction of sp³-hybridized carbons (Fsp3) is 0.462. The highest BCUT2D eigenvalue weighted by molar-refractivity contribution is 7.99. The maximum atomic E-state index is 11.7. The number of nitrogens with one attached hydrogen (secondary N) is 1. The molecular weight excluding hydrogens is 264 g/mol. The Hall–Kier alpha value is -1.56. The third-order valence-corrected chi connectivity index (χ3v) is 4.40. The summed E-state index contributed by atoms with van der Waals surface area (Å²) in [5, 5.41) is 2.05. The monoisotopic (exact) mass is 280 g/mol.